The molecule has 2 rings (SSSR count). The molecule has 0 bridgehead atoms. The Morgan fingerprint density at radius 2 is 2.05 bits per heavy atom. The van der Waals surface area contributed by atoms with Crippen molar-refractivity contribution in [3.63, 3.8) is 0 Å². The van der Waals surface area contributed by atoms with E-state index in [9.17, 15) is 8.42 Å². The topological polar surface area (TPSA) is 84.7 Å². The normalized spacial score (nSPS) is 19.9. The Labute approximate surface area is 125 Å². The molecular formula is C13H23N3O4S. The van der Waals surface area contributed by atoms with Crippen molar-refractivity contribution < 1.29 is 18.3 Å². The first-order valence-corrected chi connectivity index (χ1v) is 8.42. The Bertz CT molecular complexity index is 622. The van der Waals surface area contributed by atoms with Crippen LogP contribution >= 0.6 is 0 Å². The van der Waals surface area contributed by atoms with E-state index in [4.69, 9.17) is 9.84 Å². The summed E-state index contributed by atoms with van der Waals surface area (Å²) in [5.74, 6) is 0. The number of morpholine rings is 1. The summed E-state index contributed by atoms with van der Waals surface area (Å²) in [7, 11) is -3.60. The number of hydrogen-bond acceptors (Lipinski definition) is 5. The molecule has 2 heterocycles. The van der Waals surface area contributed by atoms with Crippen molar-refractivity contribution >= 4 is 10.0 Å². The largest absolute Gasteiger partial charge is 0.394 e. The number of aryl methyl sites for hydroxylation is 1. The second kappa shape index (κ2) is 5.68. The summed E-state index contributed by atoms with van der Waals surface area (Å²) >= 11 is 0. The zero-order chi connectivity index (χ0) is 15.8. The lowest BCUT2D eigenvalue weighted by Gasteiger charge is -2.37. The highest BCUT2D eigenvalue weighted by Gasteiger charge is 2.37. The van der Waals surface area contributed by atoms with Crippen molar-refractivity contribution in [1.82, 2.24) is 14.1 Å². The second-order valence-electron chi connectivity index (χ2n) is 5.89. The summed E-state index contributed by atoms with van der Waals surface area (Å²) in [6.45, 7) is 8.41. The van der Waals surface area contributed by atoms with E-state index in [1.165, 1.54) is 8.99 Å². The maximum Gasteiger partial charge on any atom is 0.246 e. The summed E-state index contributed by atoms with van der Waals surface area (Å²) in [4.78, 5) is 0.244. The zero-order valence-electron chi connectivity index (χ0n) is 13.0. The molecule has 0 aliphatic carbocycles. The van der Waals surface area contributed by atoms with Gasteiger partial charge in [0.1, 0.15) is 4.90 Å². The quantitative estimate of drug-likeness (QED) is 0.863. The number of sulfonamides is 1. The van der Waals surface area contributed by atoms with E-state index in [0.29, 0.717) is 31.1 Å². The van der Waals surface area contributed by atoms with Crippen LogP contribution in [0.3, 0.4) is 0 Å². The average Bonchev–Trinajstić information content (AvgIpc) is 2.64. The smallest absolute Gasteiger partial charge is 0.246 e. The van der Waals surface area contributed by atoms with Gasteiger partial charge in [-0.2, -0.15) is 9.40 Å². The fraction of sp³-hybridized carbons (Fsp3) is 0.769. The van der Waals surface area contributed by atoms with Gasteiger partial charge in [0.15, 0.2) is 0 Å². The van der Waals surface area contributed by atoms with Gasteiger partial charge in [0, 0.05) is 13.1 Å². The highest BCUT2D eigenvalue weighted by Crippen LogP contribution is 2.27. The van der Waals surface area contributed by atoms with Crippen molar-refractivity contribution in [3.05, 3.63) is 11.4 Å². The fourth-order valence-electron chi connectivity index (χ4n) is 2.67. The maximum atomic E-state index is 12.9. The van der Waals surface area contributed by atoms with Crippen LogP contribution in [0.1, 0.15) is 25.2 Å². The third-order valence-corrected chi connectivity index (χ3v) is 5.71. The van der Waals surface area contributed by atoms with Gasteiger partial charge >= 0.3 is 0 Å². The third kappa shape index (κ3) is 3.13. The highest BCUT2D eigenvalue weighted by atomic mass is 32.2. The molecule has 0 atom stereocenters. The van der Waals surface area contributed by atoms with Gasteiger partial charge < -0.3 is 9.84 Å². The third-order valence-electron chi connectivity index (χ3n) is 3.62. The molecule has 120 valence electrons. The lowest BCUT2D eigenvalue weighted by molar-refractivity contribution is -0.0640. The number of aromatic nitrogens is 2. The first kappa shape index (κ1) is 16.4. The van der Waals surface area contributed by atoms with Crippen LogP contribution < -0.4 is 0 Å². The Balaban J connectivity index is 2.40. The fourth-order valence-corrected chi connectivity index (χ4v) is 4.62. The number of aliphatic hydroxyl groups is 1. The second-order valence-corrected chi connectivity index (χ2v) is 7.77. The molecule has 0 aromatic carbocycles. The van der Waals surface area contributed by atoms with Crippen LogP contribution in [0, 0.1) is 13.8 Å². The van der Waals surface area contributed by atoms with Gasteiger partial charge in [0.25, 0.3) is 0 Å². The molecule has 0 unspecified atom stereocenters. The van der Waals surface area contributed by atoms with Crippen molar-refractivity contribution in [1.29, 1.82) is 0 Å². The van der Waals surface area contributed by atoms with E-state index in [0.717, 1.165) is 0 Å². The van der Waals surface area contributed by atoms with Gasteiger partial charge in [-0.3, -0.25) is 4.68 Å². The highest BCUT2D eigenvalue weighted by molar-refractivity contribution is 7.89. The van der Waals surface area contributed by atoms with Crippen LogP contribution in [0.5, 0.6) is 0 Å². The van der Waals surface area contributed by atoms with E-state index < -0.39 is 15.6 Å². The summed E-state index contributed by atoms with van der Waals surface area (Å²) in [5, 5.41) is 13.2. The Hall–Kier alpha value is -0.960. The van der Waals surface area contributed by atoms with Crippen molar-refractivity contribution in [2.45, 2.75) is 44.7 Å². The van der Waals surface area contributed by atoms with Crippen LogP contribution in [0.25, 0.3) is 0 Å². The predicted octanol–water partition coefficient (Wildman–Crippen LogP) is 0.292. The average molecular weight is 317 g/mol. The molecule has 1 fully saturated rings. The van der Waals surface area contributed by atoms with E-state index >= 15 is 0 Å². The van der Waals surface area contributed by atoms with Crippen LogP contribution in [0.15, 0.2) is 4.90 Å². The van der Waals surface area contributed by atoms with Crippen LogP contribution in [-0.4, -0.2) is 59.5 Å². The first-order chi connectivity index (χ1) is 9.69. The molecule has 0 radical (unpaired) electrons. The van der Waals surface area contributed by atoms with E-state index in [1.807, 2.05) is 13.8 Å². The number of rotatable bonds is 4. The Kier molecular flexibility index (Phi) is 4.44. The Morgan fingerprint density at radius 1 is 1.38 bits per heavy atom. The first-order valence-electron chi connectivity index (χ1n) is 6.98. The summed E-state index contributed by atoms with van der Waals surface area (Å²) in [6, 6.07) is 0. The maximum absolute atomic E-state index is 12.9. The van der Waals surface area contributed by atoms with Crippen molar-refractivity contribution in [2.75, 3.05) is 26.3 Å². The molecule has 0 amide bonds. The molecule has 1 N–H and O–H groups in total. The molecule has 1 saturated heterocycles. The van der Waals surface area contributed by atoms with Gasteiger partial charge in [-0.15, -0.1) is 0 Å². The van der Waals surface area contributed by atoms with E-state index in [2.05, 4.69) is 5.10 Å². The van der Waals surface area contributed by atoms with E-state index in [1.54, 1.807) is 13.8 Å². The van der Waals surface area contributed by atoms with Crippen LogP contribution in [-0.2, 0) is 21.3 Å². The number of nitrogens with zero attached hydrogens (tertiary/aromatic N) is 3. The molecular weight excluding hydrogens is 294 g/mol. The van der Waals surface area contributed by atoms with Gasteiger partial charge in [-0.25, -0.2) is 8.42 Å². The molecule has 1 aliphatic heterocycles. The minimum atomic E-state index is -3.60. The molecule has 21 heavy (non-hydrogen) atoms. The number of hydrogen-bond donors (Lipinski definition) is 1. The minimum Gasteiger partial charge on any atom is -0.394 e. The SMILES string of the molecule is Cc1nn(CCO)c(C)c1S(=O)(=O)N1CCOC(C)(C)C1. The standard InChI is InChI=1S/C13H23N3O4S/c1-10-12(11(2)16(14-10)5-7-17)21(18,19)15-6-8-20-13(3,4)9-15/h17H,5-9H2,1-4H3. The van der Waals surface area contributed by atoms with Crippen molar-refractivity contribution in [2.24, 2.45) is 0 Å². The lowest BCUT2D eigenvalue weighted by atomic mass is 10.1. The number of aliphatic hydroxyl groups excluding tert-OH is 1. The van der Waals surface area contributed by atoms with Gasteiger partial charge in [-0.05, 0) is 27.7 Å². The van der Waals surface area contributed by atoms with Gasteiger partial charge in [0.05, 0.1) is 36.7 Å². The Morgan fingerprint density at radius 3 is 2.62 bits per heavy atom. The number of ether oxygens (including phenoxy) is 1. The van der Waals surface area contributed by atoms with Crippen LogP contribution in [0.4, 0.5) is 0 Å². The molecule has 0 spiro atoms. The summed E-state index contributed by atoms with van der Waals surface area (Å²) < 4.78 is 34.3. The lowest BCUT2D eigenvalue weighted by Crippen LogP contribution is -2.50. The van der Waals surface area contributed by atoms with Gasteiger partial charge in [-0.1, -0.05) is 0 Å². The van der Waals surface area contributed by atoms with Crippen LogP contribution in [0.2, 0.25) is 0 Å². The molecule has 1 aliphatic rings. The zero-order valence-corrected chi connectivity index (χ0v) is 13.8. The predicted molar refractivity (Wildman–Crippen MR) is 77.6 cm³/mol. The summed E-state index contributed by atoms with van der Waals surface area (Å²) in [6.07, 6.45) is 0. The monoisotopic (exact) mass is 317 g/mol. The molecule has 1 aromatic rings. The van der Waals surface area contributed by atoms with E-state index in [-0.39, 0.29) is 18.0 Å². The van der Waals surface area contributed by atoms with Crippen molar-refractivity contribution in [3.8, 4) is 0 Å². The van der Waals surface area contributed by atoms with Gasteiger partial charge in [0.2, 0.25) is 10.0 Å². The molecule has 7 nitrogen and oxygen atoms in total. The molecule has 1 aromatic heterocycles. The minimum absolute atomic E-state index is 0.0773. The molecule has 0 saturated carbocycles. The molecule has 8 heteroatoms. The summed E-state index contributed by atoms with van der Waals surface area (Å²) in [5.41, 5.74) is 0.532.